The molecule has 2 heterocycles. The lowest BCUT2D eigenvalue weighted by Gasteiger charge is -2.20. The van der Waals surface area contributed by atoms with Gasteiger partial charge >= 0.3 is 5.97 Å². The first kappa shape index (κ1) is 11.5. The van der Waals surface area contributed by atoms with Gasteiger partial charge < -0.3 is 10.0 Å². The van der Waals surface area contributed by atoms with Crippen LogP contribution in [0.5, 0.6) is 0 Å². The summed E-state index contributed by atoms with van der Waals surface area (Å²) in [6.45, 7) is -0.169. The van der Waals surface area contributed by atoms with E-state index in [4.69, 9.17) is 5.11 Å². The van der Waals surface area contributed by atoms with Crippen molar-refractivity contribution in [2.75, 3.05) is 6.54 Å². The highest BCUT2D eigenvalue weighted by Crippen LogP contribution is 2.21. The molecule has 8 heteroatoms. The predicted molar refractivity (Wildman–Crippen MR) is 52.7 cm³/mol. The van der Waals surface area contributed by atoms with Crippen LogP contribution in [0.1, 0.15) is 12.1 Å². The Bertz CT molecular complexity index is 422. The number of hydrogen-bond donors (Lipinski definition) is 2. The summed E-state index contributed by atoms with van der Waals surface area (Å²) in [5, 5.41) is 18.3. The minimum Gasteiger partial charge on any atom is -0.480 e. The quantitative estimate of drug-likeness (QED) is 0.735. The number of carboxylic acids is 1. The highest BCUT2D eigenvalue weighted by atomic mass is 19.1. The van der Waals surface area contributed by atoms with Gasteiger partial charge in [-0.3, -0.25) is 9.89 Å². The zero-order chi connectivity index (χ0) is 12.4. The fourth-order valence-electron chi connectivity index (χ4n) is 1.86. The van der Waals surface area contributed by atoms with Crippen molar-refractivity contribution in [1.29, 1.82) is 0 Å². The Hall–Kier alpha value is -1.99. The van der Waals surface area contributed by atoms with Gasteiger partial charge in [-0.15, -0.1) is 5.10 Å². The normalized spacial score (nSPS) is 23.9. The van der Waals surface area contributed by atoms with Crippen LogP contribution in [0.3, 0.4) is 0 Å². The summed E-state index contributed by atoms with van der Waals surface area (Å²) in [5.74, 6) is -1.62. The van der Waals surface area contributed by atoms with Gasteiger partial charge in [0.2, 0.25) is 5.91 Å². The monoisotopic (exact) mass is 242 g/mol. The van der Waals surface area contributed by atoms with Gasteiger partial charge in [0.25, 0.3) is 0 Å². The van der Waals surface area contributed by atoms with Crippen LogP contribution in [0.15, 0.2) is 6.20 Å². The van der Waals surface area contributed by atoms with Gasteiger partial charge in [-0.1, -0.05) is 5.21 Å². The van der Waals surface area contributed by atoms with E-state index in [2.05, 4.69) is 15.4 Å². The average Bonchev–Trinajstić information content (AvgIpc) is 2.86. The van der Waals surface area contributed by atoms with Crippen molar-refractivity contribution in [3.8, 4) is 0 Å². The van der Waals surface area contributed by atoms with E-state index in [-0.39, 0.29) is 19.4 Å². The van der Waals surface area contributed by atoms with Gasteiger partial charge in [0.1, 0.15) is 12.2 Å². The zero-order valence-electron chi connectivity index (χ0n) is 8.84. The average molecular weight is 242 g/mol. The molecule has 2 rings (SSSR count). The van der Waals surface area contributed by atoms with Crippen molar-refractivity contribution < 1.29 is 19.1 Å². The Morgan fingerprint density at radius 3 is 3.00 bits per heavy atom. The number of aromatic nitrogens is 3. The molecule has 0 spiro atoms. The smallest absolute Gasteiger partial charge is 0.326 e. The van der Waals surface area contributed by atoms with Crippen molar-refractivity contribution >= 4 is 11.9 Å². The molecular formula is C9H11FN4O3. The Kier molecular flexibility index (Phi) is 3.03. The highest BCUT2D eigenvalue weighted by molar-refractivity contribution is 5.85. The Labute approximate surface area is 95.6 Å². The van der Waals surface area contributed by atoms with E-state index >= 15 is 0 Å². The highest BCUT2D eigenvalue weighted by Gasteiger charge is 2.39. The van der Waals surface area contributed by atoms with E-state index in [9.17, 15) is 14.0 Å². The molecule has 1 aliphatic rings. The van der Waals surface area contributed by atoms with Crippen molar-refractivity contribution in [3.05, 3.63) is 11.9 Å². The van der Waals surface area contributed by atoms with Crippen LogP contribution < -0.4 is 0 Å². The summed E-state index contributed by atoms with van der Waals surface area (Å²) in [6.07, 6.45) is -0.109. The molecule has 0 bridgehead atoms. The second-order valence-electron chi connectivity index (χ2n) is 3.89. The van der Waals surface area contributed by atoms with Crippen LogP contribution in [0.2, 0.25) is 0 Å². The molecule has 0 radical (unpaired) electrons. The maximum absolute atomic E-state index is 13.1. The van der Waals surface area contributed by atoms with E-state index in [0.29, 0.717) is 5.69 Å². The maximum atomic E-state index is 13.1. The SMILES string of the molecule is O=C(O)C1CC(F)CN1C(=O)Cc1cnn[nH]1. The standard InChI is InChI=1S/C9H11FN4O3/c10-5-1-7(9(16)17)14(4-5)8(15)2-6-3-11-13-12-6/h3,5,7H,1-2,4H2,(H,16,17)(H,11,12,13). The van der Waals surface area contributed by atoms with Crippen LogP contribution in [0, 0.1) is 0 Å². The number of H-pyrrole nitrogens is 1. The number of alkyl halides is 1. The summed E-state index contributed by atoms with van der Waals surface area (Å²) >= 11 is 0. The molecule has 1 aliphatic heterocycles. The molecular weight excluding hydrogens is 231 g/mol. The zero-order valence-corrected chi connectivity index (χ0v) is 8.84. The fraction of sp³-hybridized carbons (Fsp3) is 0.556. The second-order valence-corrected chi connectivity index (χ2v) is 3.89. The number of hydrogen-bond acceptors (Lipinski definition) is 4. The number of aliphatic carboxylic acids is 1. The minimum absolute atomic E-state index is 0.0521. The van der Waals surface area contributed by atoms with Gasteiger partial charge in [0.05, 0.1) is 24.9 Å². The molecule has 0 aromatic carbocycles. The molecule has 0 saturated carbocycles. The first-order chi connectivity index (χ1) is 8.08. The third-order valence-corrected chi connectivity index (χ3v) is 2.66. The summed E-state index contributed by atoms with van der Waals surface area (Å²) in [7, 11) is 0. The largest absolute Gasteiger partial charge is 0.480 e. The second kappa shape index (κ2) is 4.48. The van der Waals surface area contributed by atoms with Crippen LogP contribution >= 0.6 is 0 Å². The maximum Gasteiger partial charge on any atom is 0.326 e. The Morgan fingerprint density at radius 2 is 2.41 bits per heavy atom. The molecule has 1 aromatic heterocycles. The lowest BCUT2D eigenvalue weighted by atomic mass is 10.2. The molecule has 1 aromatic rings. The molecule has 1 amide bonds. The number of nitrogens with one attached hydrogen (secondary N) is 1. The van der Waals surface area contributed by atoms with E-state index in [1.54, 1.807) is 0 Å². The molecule has 92 valence electrons. The molecule has 2 N–H and O–H groups in total. The molecule has 1 saturated heterocycles. The Balaban J connectivity index is 2.05. The molecule has 2 unspecified atom stereocenters. The van der Waals surface area contributed by atoms with E-state index in [1.807, 2.05) is 0 Å². The van der Waals surface area contributed by atoms with Crippen molar-refractivity contribution in [2.24, 2.45) is 0 Å². The van der Waals surface area contributed by atoms with Gasteiger partial charge in [0.15, 0.2) is 0 Å². The van der Waals surface area contributed by atoms with Crippen molar-refractivity contribution in [1.82, 2.24) is 20.3 Å². The first-order valence-corrected chi connectivity index (χ1v) is 5.09. The van der Waals surface area contributed by atoms with Crippen molar-refractivity contribution in [2.45, 2.75) is 25.1 Å². The fourth-order valence-corrected chi connectivity index (χ4v) is 1.86. The molecule has 0 aliphatic carbocycles. The number of nitrogens with zero attached hydrogens (tertiary/aromatic N) is 3. The van der Waals surface area contributed by atoms with Gasteiger partial charge in [0, 0.05) is 6.42 Å². The number of halogens is 1. The molecule has 1 fully saturated rings. The van der Waals surface area contributed by atoms with Crippen LogP contribution in [-0.4, -0.2) is 56.1 Å². The van der Waals surface area contributed by atoms with E-state index < -0.39 is 24.1 Å². The number of carboxylic acid groups (broad SMARTS) is 1. The third kappa shape index (κ3) is 2.40. The Morgan fingerprint density at radius 1 is 1.65 bits per heavy atom. The lowest BCUT2D eigenvalue weighted by molar-refractivity contribution is -0.148. The van der Waals surface area contributed by atoms with E-state index in [0.717, 1.165) is 4.90 Å². The molecule has 2 atom stereocenters. The predicted octanol–water partition coefficient (Wildman–Crippen LogP) is -0.629. The summed E-state index contributed by atoms with van der Waals surface area (Å²) in [6, 6.07) is -1.08. The van der Waals surface area contributed by atoms with Crippen molar-refractivity contribution in [3.63, 3.8) is 0 Å². The number of carbonyl (C=O) groups is 2. The number of carbonyl (C=O) groups excluding carboxylic acids is 1. The summed E-state index contributed by atoms with van der Waals surface area (Å²) in [5.41, 5.74) is 0.474. The van der Waals surface area contributed by atoms with Gasteiger partial charge in [-0.05, 0) is 0 Å². The third-order valence-electron chi connectivity index (χ3n) is 2.66. The minimum atomic E-state index is -1.28. The van der Waals surface area contributed by atoms with Gasteiger partial charge in [-0.2, -0.15) is 0 Å². The number of aromatic amines is 1. The lowest BCUT2D eigenvalue weighted by Crippen LogP contribution is -2.41. The van der Waals surface area contributed by atoms with Gasteiger partial charge in [-0.25, -0.2) is 9.18 Å². The summed E-state index contributed by atoms with van der Waals surface area (Å²) in [4.78, 5) is 23.7. The molecule has 17 heavy (non-hydrogen) atoms. The number of likely N-dealkylation sites (tertiary alicyclic amines) is 1. The van der Waals surface area contributed by atoms with Crippen LogP contribution in [0.4, 0.5) is 4.39 Å². The number of rotatable bonds is 3. The first-order valence-electron chi connectivity index (χ1n) is 5.09. The number of amides is 1. The molecule has 7 nitrogen and oxygen atoms in total. The van der Waals surface area contributed by atoms with Crippen LogP contribution in [-0.2, 0) is 16.0 Å². The summed E-state index contributed by atoms with van der Waals surface area (Å²) < 4.78 is 13.1. The topological polar surface area (TPSA) is 99.2 Å². The van der Waals surface area contributed by atoms with Crippen LogP contribution in [0.25, 0.3) is 0 Å². The van der Waals surface area contributed by atoms with E-state index in [1.165, 1.54) is 6.20 Å².